The lowest BCUT2D eigenvalue weighted by Crippen LogP contribution is -2.36. The molecule has 3 fully saturated rings. The van der Waals surface area contributed by atoms with Crippen LogP contribution < -0.4 is 10.6 Å². The number of nitrogens with one attached hydrogen (secondary N) is 2. The van der Waals surface area contributed by atoms with Gasteiger partial charge in [0.1, 0.15) is 5.82 Å². The Morgan fingerprint density at radius 3 is 1.89 bits per heavy atom. The molecule has 6 heteroatoms. The molecule has 0 amide bonds. The highest BCUT2D eigenvalue weighted by molar-refractivity contribution is 5.51. The molecule has 150 valence electrons. The SMILES string of the molecule is CC1(O)CCC(Nc2ncc(C3CC3)c(NC3CCC(C)(O)CC3)n2)CC1. The van der Waals surface area contributed by atoms with Gasteiger partial charge in [-0.3, -0.25) is 0 Å². The van der Waals surface area contributed by atoms with Crippen LogP contribution in [-0.2, 0) is 0 Å². The Morgan fingerprint density at radius 2 is 1.37 bits per heavy atom. The number of aromatic nitrogens is 2. The molecule has 0 radical (unpaired) electrons. The average Bonchev–Trinajstić information content (AvgIpc) is 3.44. The number of anilines is 2. The maximum absolute atomic E-state index is 10.2. The fraction of sp³-hybridized carbons (Fsp3) is 0.810. The minimum atomic E-state index is -0.524. The van der Waals surface area contributed by atoms with E-state index in [4.69, 9.17) is 4.98 Å². The fourth-order valence-electron chi connectivity index (χ4n) is 4.41. The summed E-state index contributed by atoms with van der Waals surface area (Å²) < 4.78 is 0. The maximum Gasteiger partial charge on any atom is 0.224 e. The molecule has 0 aliphatic heterocycles. The van der Waals surface area contributed by atoms with Gasteiger partial charge in [-0.15, -0.1) is 0 Å². The van der Waals surface area contributed by atoms with Crippen molar-refractivity contribution in [3.05, 3.63) is 11.8 Å². The Balaban J connectivity index is 1.43. The number of rotatable bonds is 5. The van der Waals surface area contributed by atoms with E-state index in [1.165, 1.54) is 18.4 Å². The molecule has 3 aliphatic carbocycles. The lowest BCUT2D eigenvalue weighted by molar-refractivity contribution is 0.0192. The van der Waals surface area contributed by atoms with Gasteiger partial charge in [0.05, 0.1) is 11.2 Å². The normalized spacial score (nSPS) is 37.0. The van der Waals surface area contributed by atoms with Crippen LogP contribution in [0.15, 0.2) is 6.20 Å². The van der Waals surface area contributed by atoms with Gasteiger partial charge in [0.15, 0.2) is 0 Å². The third kappa shape index (κ3) is 4.91. The van der Waals surface area contributed by atoms with Gasteiger partial charge in [-0.25, -0.2) is 4.98 Å². The van der Waals surface area contributed by atoms with Gasteiger partial charge in [-0.1, -0.05) is 0 Å². The van der Waals surface area contributed by atoms with Crippen molar-refractivity contribution in [2.45, 2.75) is 107 Å². The molecule has 3 saturated carbocycles. The third-order valence-electron chi connectivity index (χ3n) is 6.63. The highest BCUT2D eigenvalue weighted by Gasteiger charge is 2.32. The Hall–Kier alpha value is -1.40. The molecular weight excluding hydrogens is 340 g/mol. The predicted octanol–water partition coefficient (Wildman–Crippen LogP) is 3.57. The van der Waals surface area contributed by atoms with E-state index in [2.05, 4.69) is 15.6 Å². The summed E-state index contributed by atoms with van der Waals surface area (Å²) in [4.78, 5) is 9.42. The first-order valence-corrected chi connectivity index (χ1v) is 10.6. The van der Waals surface area contributed by atoms with Crippen LogP contribution in [0.4, 0.5) is 11.8 Å². The predicted molar refractivity (Wildman–Crippen MR) is 107 cm³/mol. The Labute approximate surface area is 162 Å². The molecule has 0 bridgehead atoms. The fourth-order valence-corrected chi connectivity index (χ4v) is 4.41. The standard InChI is InChI=1S/C21H34N4O2/c1-20(26)9-5-15(6-10-20)23-18-17(14-3-4-14)13-22-19(25-18)24-16-7-11-21(2,27)12-8-16/h13-16,26-27H,3-12H2,1-2H3,(H2,22,23,24,25). The van der Waals surface area contributed by atoms with Crippen LogP contribution in [0.2, 0.25) is 0 Å². The summed E-state index contributed by atoms with van der Waals surface area (Å²) in [6.45, 7) is 3.86. The molecule has 0 saturated heterocycles. The second kappa shape index (κ2) is 7.21. The first-order valence-electron chi connectivity index (χ1n) is 10.6. The van der Waals surface area contributed by atoms with Crippen molar-refractivity contribution in [1.29, 1.82) is 0 Å². The van der Waals surface area contributed by atoms with Crippen molar-refractivity contribution in [2.24, 2.45) is 0 Å². The van der Waals surface area contributed by atoms with Crippen molar-refractivity contribution >= 4 is 11.8 Å². The van der Waals surface area contributed by atoms with E-state index in [0.29, 0.717) is 23.9 Å². The summed E-state index contributed by atoms with van der Waals surface area (Å²) in [5.74, 6) is 2.26. The highest BCUT2D eigenvalue weighted by atomic mass is 16.3. The van der Waals surface area contributed by atoms with Crippen molar-refractivity contribution in [3.8, 4) is 0 Å². The van der Waals surface area contributed by atoms with E-state index < -0.39 is 11.2 Å². The van der Waals surface area contributed by atoms with Gasteiger partial charge in [0.25, 0.3) is 0 Å². The summed E-state index contributed by atoms with van der Waals surface area (Å²) in [6, 6.07) is 0.699. The van der Waals surface area contributed by atoms with Crippen LogP contribution in [-0.4, -0.2) is 43.5 Å². The van der Waals surface area contributed by atoms with E-state index >= 15 is 0 Å². The second-order valence-corrected chi connectivity index (χ2v) is 9.60. The van der Waals surface area contributed by atoms with Gasteiger partial charge in [-0.05, 0) is 84.0 Å². The van der Waals surface area contributed by atoms with E-state index in [9.17, 15) is 10.2 Å². The molecule has 4 rings (SSSR count). The minimum absolute atomic E-state index is 0.328. The van der Waals surface area contributed by atoms with E-state index in [-0.39, 0.29) is 0 Å². The van der Waals surface area contributed by atoms with Crippen molar-refractivity contribution < 1.29 is 10.2 Å². The summed E-state index contributed by atoms with van der Waals surface area (Å²) >= 11 is 0. The molecular formula is C21H34N4O2. The van der Waals surface area contributed by atoms with Crippen LogP contribution in [0.5, 0.6) is 0 Å². The number of aliphatic hydroxyl groups is 2. The number of hydrogen-bond donors (Lipinski definition) is 4. The molecule has 1 heterocycles. The quantitative estimate of drug-likeness (QED) is 0.630. The minimum Gasteiger partial charge on any atom is -0.390 e. The zero-order valence-corrected chi connectivity index (χ0v) is 16.7. The molecule has 1 aromatic heterocycles. The molecule has 6 nitrogen and oxygen atoms in total. The van der Waals surface area contributed by atoms with Crippen molar-refractivity contribution in [3.63, 3.8) is 0 Å². The highest BCUT2D eigenvalue weighted by Crippen LogP contribution is 2.43. The Bertz CT molecular complexity index is 652. The van der Waals surface area contributed by atoms with E-state index in [0.717, 1.165) is 57.2 Å². The lowest BCUT2D eigenvalue weighted by Gasteiger charge is -2.34. The van der Waals surface area contributed by atoms with Crippen molar-refractivity contribution in [2.75, 3.05) is 10.6 Å². The van der Waals surface area contributed by atoms with E-state index in [1.807, 2.05) is 20.0 Å². The van der Waals surface area contributed by atoms with Crippen LogP contribution in [0.1, 0.15) is 89.5 Å². The molecule has 1 aromatic rings. The van der Waals surface area contributed by atoms with Gasteiger partial charge in [0, 0.05) is 23.8 Å². The van der Waals surface area contributed by atoms with Gasteiger partial charge in [-0.2, -0.15) is 4.98 Å². The maximum atomic E-state index is 10.2. The topological polar surface area (TPSA) is 90.3 Å². The summed E-state index contributed by atoms with van der Waals surface area (Å²) in [5.41, 5.74) is 0.200. The summed E-state index contributed by atoms with van der Waals surface area (Å²) in [6.07, 6.45) is 11.6. The van der Waals surface area contributed by atoms with Gasteiger partial charge >= 0.3 is 0 Å². The Kier molecular flexibility index (Phi) is 5.06. The zero-order chi connectivity index (χ0) is 19.1. The average molecular weight is 375 g/mol. The van der Waals surface area contributed by atoms with Crippen LogP contribution >= 0.6 is 0 Å². The zero-order valence-electron chi connectivity index (χ0n) is 16.7. The Morgan fingerprint density at radius 1 is 0.852 bits per heavy atom. The van der Waals surface area contributed by atoms with Gasteiger partial charge < -0.3 is 20.8 Å². The molecule has 0 atom stereocenters. The summed E-state index contributed by atoms with van der Waals surface area (Å²) in [5, 5.41) is 27.5. The molecule has 0 aromatic carbocycles. The molecule has 27 heavy (non-hydrogen) atoms. The monoisotopic (exact) mass is 374 g/mol. The number of nitrogens with zero attached hydrogens (tertiary/aromatic N) is 2. The number of hydrogen-bond acceptors (Lipinski definition) is 6. The second-order valence-electron chi connectivity index (χ2n) is 9.60. The molecule has 0 unspecified atom stereocenters. The lowest BCUT2D eigenvalue weighted by atomic mass is 9.83. The molecule has 4 N–H and O–H groups in total. The first-order chi connectivity index (χ1) is 12.8. The van der Waals surface area contributed by atoms with E-state index in [1.54, 1.807) is 0 Å². The molecule has 0 spiro atoms. The van der Waals surface area contributed by atoms with Crippen molar-refractivity contribution in [1.82, 2.24) is 9.97 Å². The first kappa shape index (κ1) is 18.9. The smallest absolute Gasteiger partial charge is 0.224 e. The summed E-state index contributed by atoms with van der Waals surface area (Å²) in [7, 11) is 0. The van der Waals surface area contributed by atoms with Crippen LogP contribution in [0, 0.1) is 0 Å². The largest absolute Gasteiger partial charge is 0.390 e. The molecule has 3 aliphatic rings. The van der Waals surface area contributed by atoms with Crippen LogP contribution in [0.3, 0.4) is 0 Å². The van der Waals surface area contributed by atoms with Gasteiger partial charge in [0.2, 0.25) is 5.95 Å². The van der Waals surface area contributed by atoms with Crippen LogP contribution in [0.25, 0.3) is 0 Å². The third-order valence-corrected chi connectivity index (χ3v) is 6.63.